The molecule has 1 aromatic rings. The number of nitrogens with two attached hydrogens (primary N) is 1. The van der Waals surface area contributed by atoms with Gasteiger partial charge in [0.15, 0.2) is 0 Å². The lowest BCUT2D eigenvalue weighted by atomic mass is 9.94. The van der Waals surface area contributed by atoms with Crippen LogP contribution in [-0.4, -0.2) is 30.4 Å². The second-order valence-electron chi connectivity index (χ2n) is 6.53. The Balaban J connectivity index is 0.00000288. The summed E-state index contributed by atoms with van der Waals surface area (Å²) in [5.74, 6) is -0.384. The van der Waals surface area contributed by atoms with Gasteiger partial charge in [0.1, 0.15) is 0 Å². The molecule has 6 heteroatoms. The van der Waals surface area contributed by atoms with Crippen LogP contribution in [0.4, 0.5) is 5.69 Å². The molecule has 1 aliphatic rings. The first-order chi connectivity index (χ1) is 10.9. The fourth-order valence-electron chi connectivity index (χ4n) is 2.76. The molecule has 1 heterocycles. The number of rotatable bonds is 6. The van der Waals surface area contributed by atoms with E-state index in [-0.39, 0.29) is 42.1 Å². The van der Waals surface area contributed by atoms with Crippen LogP contribution in [0.1, 0.15) is 38.7 Å². The summed E-state index contributed by atoms with van der Waals surface area (Å²) in [5.41, 5.74) is 7.84. The van der Waals surface area contributed by atoms with Crippen LogP contribution in [0.15, 0.2) is 24.3 Å². The van der Waals surface area contributed by atoms with Crippen LogP contribution < -0.4 is 16.0 Å². The normalized spacial score (nSPS) is 17.6. The highest BCUT2D eigenvalue weighted by atomic mass is 35.5. The van der Waals surface area contributed by atoms with Crippen LogP contribution in [-0.2, 0) is 9.59 Å². The zero-order valence-electron chi connectivity index (χ0n) is 14.7. The van der Waals surface area contributed by atoms with E-state index >= 15 is 0 Å². The molecule has 1 unspecified atom stereocenters. The molecule has 0 radical (unpaired) electrons. The van der Waals surface area contributed by atoms with Gasteiger partial charge in [-0.2, -0.15) is 0 Å². The molecule has 134 valence electrons. The third kappa shape index (κ3) is 4.71. The molecule has 1 aromatic carbocycles. The van der Waals surface area contributed by atoms with E-state index in [1.54, 1.807) is 4.90 Å². The summed E-state index contributed by atoms with van der Waals surface area (Å²) in [4.78, 5) is 26.3. The summed E-state index contributed by atoms with van der Waals surface area (Å²) < 4.78 is 0. The molecule has 3 N–H and O–H groups in total. The predicted molar refractivity (Wildman–Crippen MR) is 99.4 cm³/mol. The number of carbonyl (C=O) groups excluding carboxylic acids is 2. The lowest BCUT2D eigenvalue weighted by Gasteiger charge is -2.27. The van der Waals surface area contributed by atoms with E-state index in [1.165, 1.54) is 0 Å². The van der Waals surface area contributed by atoms with Crippen molar-refractivity contribution in [2.24, 2.45) is 11.7 Å². The van der Waals surface area contributed by atoms with Crippen molar-refractivity contribution < 1.29 is 9.59 Å². The van der Waals surface area contributed by atoms with E-state index in [4.69, 9.17) is 5.73 Å². The van der Waals surface area contributed by atoms with E-state index in [0.29, 0.717) is 13.1 Å². The molecule has 2 amide bonds. The number of halogens is 1. The lowest BCUT2D eigenvalue weighted by Crippen LogP contribution is -2.50. The van der Waals surface area contributed by atoms with Crippen molar-refractivity contribution in [1.29, 1.82) is 0 Å². The Morgan fingerprint density at radius 3 is 2.42 bits per heavy atom. The third-order valence-corrected chi connectivity index (χ3v) is 4.86. The van der Waals surface area contributed by atoms with Crippen molar-refractivity contribution in [3.8, 4) is 0 Å². The van der Waals surface area contributed by atoms with Crippen LogP contribution >= 0.6 is 12.4 Å². The van der Waals surface area contributed by atoms with Gasteiger partial charge in [0.2, 0.25) is 11.8 Å². The number of aryl methyl sites for hydroxylation is 1. The Morgan fingerprint density at radius 1 is 1.29 bits per heavy atom. The second kappa shape index (κ2) is 8.49. The molecule has 24 heavy (non-hydrogen) atoms. The van der Waals surface area contributed by atoms with E-state index in [9.17, 15) is 9.59 Å². The molecule has 1 atom stereocenters. The van der Waals surface area contributed by atoms with Gasteiger partial charge in [-0.25, -0.2) is 0 Å². The molecule has 0 spiro atoms. The maximum Gasteiger partial charge on any atom is 0.227 e. The molecule has 0 bridgehead atoms. The van der Waals surface area contributed by atoms with E-state index in [2.05, 4.69) is 5.32 Å². The number of amides is 2. The highest BCUT2D eigenvalue weighted by Gasteiger charge is 2.35. The van der Waals surface area contributed by atoms with Crippen LogP contribution in [0.2, 0.25) is 0 Å². The summed E-state index contributed by atoms with van der Waals surface area (Å²) >= 11 is 0. The lowest BCUT2D eigenvalue weighted by molar-refractivity contribution is -0.126. The van der Waals surface area contributed by atoms with Gasteiger partial charge in [-0.05, 0) is 31.9 Å². The van der Waals surface area contributed by atoms with Crippen LogP contribution in [0.3, 0.4) is 0 Å². The Kier molecular flexibility index (Phi) is 7.24. The average molecular weight is 354 g/mol. The van der Waals surface area contributed by atoms with Gasteiger partial charge in [0.25, 0.3) is 0 Å². The average Bonchev–Trinajstić information content (AvgIpc) is 2.95. The minimum absolute atomic E-state index is 0. The summed E-state index contributed by atoms with van der Waals surface area (Å²) in [5, 5.41) is 2.93. The molecule has 1 fully saturated rings. The molecule has 0 saturated carbocycles. The standard InChI is InChI=1S/C18H27N3O2.ClH/c1-4-18(19,5-2)12-20-17(23)14-10-16(22)21(11-14)15-8-6-13(3)7-9-15;/h6-9,14H,4-5,10-12,19H2,1-3H3,(H,20,23);1H. The van der Waals surface area contributed by atoms with Crippen molar-refractivity contribution in [2.75, 3.05) is 18.0 Å². The summed E-state index contributed by atoms with van der Waals surface area (Å²) in [7, 11) is 0. The van der Waals surface area contributed by atoms with E-state index < -0.39 is 0 Å². The highest BCUT2D eigenvalue weighted by Crippen LogP contribution is 2.25. The monoisotopic (exact) mass is 353 g/mol. The maximum absolute atomic E-state index is 12.4. The fourth-order valence-corrected chi connectivity index (χ4v) is 2.76. The summed E-state index contributed by atoms with van der Waals surface area (Å²) in [6.45, 7) is 6.94. The Labute approximate surface area is 150 Å². The number of nitrogens with zero attached hydrogens (tertiary/aromatic N) is 1. The molecule has 5 nitrogen and oxygen atoms in total. The number of nitrogens with one attached hydrogen (secondary N) is 1. The zero-order chi connectivity index (χ0) is 17.0. The Bertz CT molecular complexity index is 570. The van der Waals surface area contributed by atoms with Gasteiger partial charge >= 0.3 is 0 Å². The quantitative estimate of drug-likeness (QED) is 0.824. The van der Waals surface area contributed by atoms with Crippen LogP contribution in [0.25, 0.3) is 0 Å². The number of carbonyl (C=O) groups is 2. The molecular weight excluding hydrogens is 326 g/mol. The van der Waals surface area contributed by atoms with E-state index in [1.807, 2.05) is 45.0 Å². The van der Waals surface area contributed by atoms with Crippen LogP contribution in [0, 0.1) is 12.8 Å². The number of hydrogen-bond acceptors (Lipinski definition) is 3. The minimum atomic E-state index is -0.366. The Morgan fingerprint density at radius 2 is 1.88 bits per heavy atom. The SMILES string of the molecule is CCC(N)(CC)CNC(=O)C1CC(=O)N(c2ccc(C)cc2)C1.Cl. The molecular formula is C18H28ClN3O2. The molecule has 2 rings (SSSR count). The number of hydrogen-bond donors (Lipinski definition) is 2. The molecule has 1 aliphatic heterocycles. The van der Waals surface area contributed by atoms with Crippen molar-refractivity contribution >= 4 is 29.9 Å². The van der Waals surface area contributed by atoms with Gasteiger partial charge in [-0.1, -0.05) is 31.5 Å². The van der Waals surface area contributed by atoms with Gasteiger partial charge in [0.05, 0.1) is 5.92 Å². The summed E-state index contributed by atoms with van der Waals surface area (Å²) in [6.07, 6.45) is 1.88. The van der Waals surface area contributed by atoms with Crippen molar-refractivity contribution in [1.82, 2.24) is 5.32 Å². The maximum atomic E-state index is 12.4. The van der Waals surface area contributed by atoms with Gasteiger partial charge in [-0.3, -0.25) is 9.59 Å². The van der Waals surface area contributed by atoms with Crippen molar-refractivity contribution in [3.05, 3.63) is 29.8 Å². The Hall–Kier alpha value is -1.59. The highest BCUT2D eigenvalue weighted by molar-refractivity contribution is 6.00. The second-order valence-corrected chi connectivity index (χ2v) is 6.53. The largest absolute Gasteiger partial charge is 0.354 e. The van der Waals surface area contributed by atoms with Gasteiger partial charge in [0, 0.05) is 30.7 Å². The van der Waals surface area contributed by atoms with Gasteiger partial charge < -0.3 is 16.0 Å². The first kappa shape index (κ1) is 20.5. The predicted octanol–water partition coefficient (Wildman–Crippen LogP) is 2.40. The van der Waals surface area contributed by atoms with E-state index in [0.717, 1.165) is 24.1 Å². The first-order valence-corrected chi connectivity index (χ1v) is 8.32. The molecule has 0 aliphatic carbocycles. The van der Waals surface area contributed by atoms with Crippen molar-refractivity contribution in [3.63, 3.8) is 0 Å². The smallest absolute Gasteiger partial charge is 0.227 e. The fraction of sp³-hybridized carbons (Fsp3) is 0.556. The number of anilines is 1. The molecule has 0 aromatic heterocycles. The third-order valence-electron chi connectivity index (χ3n) is 4.86. The summed E-state index contributed by atoms with van der Waals surface area (Å²) in [6, 6.07) is 7.79. The molecule has 1 saturated heterocycles. The first-order valence-electron chi connectivity index (χ1n) is 8.32. The minimum Gasteiger partial charge on any atom is -0.354 e. The van der Waals surface area contributed by atoms with Crippen molar-refractivity contribution in [2.45, 2.75) is 45.6 Å². The topological polar surface area (TPSA) is 75.4 Å². The zero-order valence-corrected chi connectivity index (χ0v) is 15.5. The van der Waals surface area contributed by atoms with Gasteiger partial charge in [-0.15, -0.1) is 12.4 Å². The van der Waals surface area contributed by atoms with Crippen LogP contribution in [0.5, 0.6) is 0 Å². The number of benzene rings is 1.